The first-order chi connectivity index (χ1) is 16.2. The third-order valence-corrected chi connectivity index (χ3v) is 4.99. The fourth-order valence-corrected chi connectivity index (χ4v) is 3.20. The normalized spacial score (nSPS) is 14.0. The number of hydrogen-bond donors (Lipinski definition) is 0. The summed E-state index contributed by atoms with van der Waals surface area (Å²) in [6.07, 6.45) is 0. The van der Waals surface area contributed by atoms with Gasteiger partial charge in [-0.15, -0.1) is 0 Å². The fraction of sp³-hybridized carbons (Fsp3) is 0.261. The Morgan fingerprint density at radius 1 is 1.09 bits per heavy atom. The number of nitro benzene ring substituents is 1. The number of oxime groups is 1. The smallest absolute Gasteiger partial charge is 0.355 e. The number of ether oxygens (including phenoxy) is 3. The Morgan fingerprint density at radius 3 is 2.38 bits per heavy atom. The van der Waals surface area contributed by atoms with Crippen LogP contribution in [0.2, 0.25) is 0 Å². The number of carbonyl (C=O) groups is 2. The van der Waals surface area contributed by atoms with Crippen LogP contribution in [0.25, 0.3) is 0 Å². The molecule has 0 saturated carbocycles. The van der Waals surface area contributed by atoms with Crippen molar-refractivity contribution in [1.29, 1.82) is 0 Å². The molecule has 0 bridgehead atoms. The SMILES string of the molecule is COC(=O)C1=C(C(=O)OC)N(c2cc(ON=C(C)c3ccc(C)cc3)cc([N+](=O)[O-])c2)COC1. The number of aryl methyl sites for hydroxylation is 1. The first kappa shape index (κ1) is 24.4. The van der Waals surface area contributed by atoms with Crippen molar-refractivity contribution in [1.82, 2.24) is 0 Å². The lowest BCUT2D eigenvalue weighted by molar-refractivity contribution is -0.384. The van der Waals surface area contributed by atoms with Gasteiger partial charge in [-0.25, -0.2) is 9.59 Å². The molecule has 0 aromatic heterocycles. The lowest BCUT2D eigenvalue weighted by atomic mass is 10.1. The summed E-state index contributed by atoms with van der Waals surface area (Å²) in [5.41, 5.74) is 2.08. The molecule has 2 aromatic carbocycles. The summed E-state index contributed by atoms with van der Waals surface area (Å²) in [4.78, 5) is 42.4. The zero-order valence-corrected chi connectivity index (χ0v) is 19.1. The molecule has 0 aliphatic carbocycles. The Balaban J connectivity index is 2.03. The lowest BCUT2D eigenvalue weighted by Gasteiger charge is -2.31. The van der Waals surface area contributed by atoms with Crippen LogP contribution in [0.1, 0.15) is 18.1 Å². The van der Waals surface area contributed by atoms with Gasteiger partial charge in [-0.05, 0) is 19.4 Å². The van der Waals surface area contributed by atoms with Gasteiger partial charge in [0, 0.05) is 12.1 Å². The molecule has 0 N–H and O–H groups in total. The first-order valence-electron chi connectivity index (χ1n) is 10.1. The van der Waals surface area contributed by atoms with Crippen molar-refractivity contribution in [3.63, 3.8) is 0 Å². The molecule has 11 nitrogen and oxygen atoms in total. The van der Waals surface area contributed by atoms with Gasteiger partial charge in [0.05, 0.1) is 48.8 Å². The van der Waals surface area contributed by atoms with Gasteiger partial charge in [-0.2, -0.15) is 0 Å². The third kappa shape index (κ3) is 5.38. The van der Waals surface area contributed by atoms with E-state index in [2.05, 4.69) is 5.16 Å². The maximum Gasteiger partial charge on any atom is 0.355 e. The summed E-state index contributed by atoms with van der Waals surface area (Å²) in [5, 5.41) is 15.6. The summed E-state index contributed by atoms with van der Waals surface area (Å²) in [7, 11) is 2.32. The number of hydrogen-bond acceptors (Lipinski definition) is 10. The maximum absolute atomic E-state index is 12.5. The van der Waals surface area contributed by atoms with Gasteiger partial charge in [0.1, 0.15) is 12.4 Å². The molecule has 0 fully saturated rings. The van der Waals surface area contributed by atoms with Crippen LogP contribution in [-0.2, 0) is 23.8 Å². The van der Waals surface area contributed by atoms with Gasteiger partial charge in [0.15, 0.2) is 5.75 Å². The number of rotatable bonds is 7. The Kier molecular flexibility index (Phi) is 7.59. The van der Waals surface area contributed by atoms with Crippen LogP contribution in [0, 0.1) is 17.0 Å². The average molecular weight is 469 g/mol. The van der Waals surface area contributed by atoms with Crippen molar-refractivity contribution >= 4 is 29.0 Å². The van der Waals surface area contributed by atoms with Crippen molar-refractivity contribution < 1.29 is 33.6 Å². The molecule has 34 heavy (non-hydrogen) atoms. The van der Waals surface area contributed by atoms with Crippen molar-refractivity contribution in [2.24, 2.45) is 5.16 Å². The molecule has 0 atom stereocenters. The van der Waals surface area contributed by atoms with E-state index in [1.807, 2.05) is 31.2 Å². The Morgan fingerprint density at radius 2 is 1.76 bits per heavy atom. The lowest BCUT2D eigenvalue weighted by Crippen LogP contribution is -2.38. The van der Waals surface area contributed by atoms with Crippen LogP contribution in [0.4, 0.5) is 11.4 Å². The van der Waals surface area contributed by atoms with E-state index in [0.717, 1.165) is 25.3 Å². The van der Waals surface area contributed by atoms with Crippen LogP contribution in [-0.4, -0.2) is 50.1 Å². The van der Waals surface area contributed by atoms with Gasteiger partial charge in [0.2, 0.25) is 0 Å². The highest BCUT2D eigenvalue weighted by atomic mass is 16.6. The highest BCUT2D eigenvalue weighted by molar-refractivity contribution is 6.03. The molecule has 1 aliphatic rings. The zero-order chi connectivity index (χ0) is 24.8. The van der Waals surface area contributed by atoms with Crippen LogP contribution in [0.3, 0.4) is 0 Å². The first-order valence-corrected chi connectivity index (χ1v) is 10.1. The van der Waals surface area contributed by atoms with Gasteiger partial charge < -0.3 is 23.9 Å². The van der Waals surface area contributed by atoms with E-state index in [4.69, 9.17) is 19.0 Å². The molecule has 11 heteroatoms. The number of nitrogens with zero attached hydrogens (tertiary/aromatic N) is 3. The molecule has 0 unspecified atom stereocenters. The topological polar surface area (TPSA) is 130 Å². The van der Waals surface area contributed by atoms with Crippen molar-refractivity contribution in [2.45, 2.75) is 13.8 Å². The van der Waals surface area contributed by atoms with Crippen LogP contribution in [0.15, 0.2) is 58.9 Å². The van der Waals surface area contributed by atoms with E-state index in [9.17, 15) is 19.7 Å². The monoisotopic (exact) mass is 469 g/mol. The predicted octanol–water partition coefficient (Wildman–Crippen LogP) is 3.10. The second-order valence-electron chi connectivity index (χ2n) is 7.29. The Bertz CT molecular complexity index is 1170. The number of non-ortho nitro benzene ring substituents is 1. The van der Waals surface area contributed by atoms with E-state index in [1.165, 1.54) is 23.1 Å². The minimum atomic E-state index is -0.828. The molecule has 1 aliphatic heterocycles. The van der Waals surface area contributed by atoms with Gasteiger partial charge in [0.25, 0.3) is 5.69 Å². The molecular formula is C23H23N3O8. The summed E-state index contributed by atoms with van der Waals surface area (Å²) in [6, 6.07) is 11.5. The Hall–Kier alpha value is -4.25. The predicted molar refractivity (Wildman–Crippen MR) is 121 cm³/mol. The van der Waals surface area contributed by atoms with Gasteiger partial charge in [-0.1, -0.05) is 35.0 Å². The second-order valence-corrected chi connectivity index (χ2v) is 7.29. The van der Waals surface area contributed by atoms with Crippen molar-refractivity contribution in [3.8, 4) is 5.75 Å². The van der Waals surface area contributed by atoms with E-state index < -0.39 is 16.9 Å². The average Bonchev–Trinajstić information content (AvgIpc) is 2.86. The molecule has 2 aromatic rings. The molecule has 0 radical (unpaired) electrons. The standard InChI is InChI=1S/C23H23N3O8/c1-14-5-7-16(8-6-14)15(2)24-34-19-10-17(9-18(11-19)26(29)30)25-13-33-12-20(22(27)31-3)21(25)23(28)32-4/h5-11H,12-13H2,1-4H3. The molecule has 0 amide bonds. The molecule has 3 rings (SSSR count). The van der Waals surface area contributed by atoms with Gasteiger partial charge in [-0.3, -0.25) is 10.1 Å². The van der Waals surface area contributed by atoms with E-state index in [0.29, 0.717) is 5.71 Å². The summed E-state index contributed by atoms with van der Waals surface area (Å²) in [6.45, 7) is 3.34. The van der Waals surface area contributed by atoms with Gasteiger partial charge >= 0.3 is 11.9 Å². The highest BCUT2D eigenvalue weighted by Crippen LogP contribution is 2.33. The second kappa shape index (κ2) is 10.6. The largest absolute Gasteiger partial charge is 0.466 e. The van der Waals surface area contributed by atoms with E-state index >= 15 is 0 Å². The number of esters is 2. The minimum Gasteiger partial charge on any atom is -0.466 e. The molecule has 0 saturated heterocycles. The fourth-order valence-electron chi connectivity index (χ4n) is 3.20. The molecular weight excluding hydrogens is 446 g/mol. The number of anilines is 1. The molecule has 0 spiro atoms. The van der Waals surface area contributed by atoms with E-state index in [1.54, 1.807) is 6.92 Å². The highest BCUT2D eigenvalue weighted by Gasteiger charge is 2.33. The van der Waals surface area contributed by atoms with Crippen molar-refractivity contribution in [3.05, 3.63) is 75.0 Å². The third-order valence-electron chi connectivity index (χ3n) is 4.99. The zero-order valence-electron chi connectivity index (χ0n) is 19.1. The van der Waals surface area contributed by atoms with Crippen LogP contribution >= 0.6 is 0 Å². The minimum absolute atomic E-state index is 0.0464. The summed E-state index contributed by atoms with van der Waals surface area (Å²) >= 11 is 0. The summed E-state index contributed by atoms with van der Waals surface area (Å²) < 4.78 is 15.0. The molecule has 1 heterocycles. The number of methoxy groups -OCH3 is 2. The van der Waals surface area contributed by atoms with Crippen molar-refractivity contribution in [2.75, 3.05) is 32.5 Å². The van der Waals surface area contributed by atoms with Crippen LogP contribution < -0.4 is 9.74 Å². The maximum atomic E-state index is 12.5. The number of carbonyl (C=O) groups excluding carboxylic acids is 2. The van der Waals surface area contributed by atoms with E-state index in [-0.39, 0.29) is 41.7 Å². The number of nitro groups is 1. The number of benzene rings is 2. The molecule has 178 valence electrons. The summed E-state index contributed by atoms with van der Waals surface area (Å²) in [5.74, 6) is -1.57. The van der Waals surface area contributed by atoms with Crippen LogP contribution in [0.5, 0.6) is 5.75 Å². The quantitative estimate of drug-likeness (QED) is 0.260. The Labute approximate surface area is 195 Å².